The molecule has 1 aromatic carbocycles. The molecule has 1 fully saturated rings. The van der Waals surface area contributed by atoms with Crippen molar-refractivity contribution in [2.24, 2.45) is 22.6 Å². The molecule has 162 valence electrons. The van der Waals surface area contributed by atoms with Crippen LogP contribution in [0.25, 0.3) is 0 Å². The molecule has 2 amide bonds. The van der Waals surface area contributed by atoms with Crippen molar-refractivity contribution in [3.05, 3.63) is 29.6 Å². The smallest absolute Gasteiger partial charge is 0.231 e. The van der Waals surface area contributed by atoms with E-state index in [1.807, 2.05) is 27.7 Å². The highest BCUT2D eigenvalue weighted by atomic mass is 19.1. The van der Waals surface area contributed by atoms with Gasteiger partial charge < -0.3 is 15.8 Å². The lowest BCUT2D eigenvalue weighted by Crippen LogP contribution is -2.50. The van der Waals surface area contributed by atoms with Crippen molar-refractivity contribution in [3.8, 4) is 5.75 Å². The van der Waals surface area contributed by atoms with E-state index in [9.17, 15) is 14.0 Å². The van der Waals surface area contributed by atoms with Crippen molar-refractivity contribution in [1.82, 2.24) is 10.2 Å². The van der Waals surface area contributed by atoms with Crippen molar-refractivity contribution in [2.75, 3.05) is 6.54 Å². The van der Waals surface area contributed by atoms with Crippen molar-refractivity contribution in [1.29, 1.82) is 0 Å². The van der Waals surface area contributed by atoms with Crippen LogP contribution in [0.15, 0.2) is 23.2 Å². The minimum atomic E-state index is -0.514. The molecule has 3 N–H and O–H groups in total. The average Bonchev–Trinajstić information content (AvgIpc) is 3.35. The summed E-state index contributed by atoms with van der Waals surface area (Å²) in [6.45, 7) is 8.00. The molecule has 30 heavy (non-hydrogen) atoms. The van der Waals surface area contributed by atoms with Gasteiger partial charge in [-0.2, -0.15) is 0 Å². The Balaban J connectivity index is 1.41. The fourth-order valence-corrected chi connectivity index (χ4v) is 4.44. The minimum Gasteiger partial charge on any atom is -0.487 e. The summed E-state index contributed by atoms with van der Waals surface area (Å²) in [5.41, 5.74) is 5.78. The first-order valence-corrected chi connectivity index (χ1v) is 10.4. The number of hydrogen-bond acceptors (Lipinski definition) is 5. The van der Waals surface area contributed by atoms with E-state index in [4.69, 9.17) is 10.5 Å². The maximum atomic E-state index is 13.6. The maximum absolute atomic E-state index is 13.6. The van der Waals surface area contributed by atoms with Crippen LogP contribution in [0.3, 0.4) is 0 Å². The highest BCUT2D eigenvalue weighted by Crippen LogP contribution is 2.43. The second-order valence-electron chi connectivity index (χ2n) is 9.88. The number of rotatable bonds is 4. The maximum Gasteiger partial charge on any atom is 0.231 e. The van der Waals surface area contributed by atoms with Crippen molar-refractivity contribution in [3.63, 3.8) is 0 Å². The van der Waals surface area contributed by atoms with Gasteiger partial charge in [-0.3, -0.25) is 14.5 Å². The molecular weight excluding hydrogens is 387 g/mol. The Morgan fingerprint density at radius 2 is 2.10 bits per heavy atom. The fraction of sp³-hybridized carbons (Fsp3) is 0.591. The zero-order valence-electron chi connectivity index (χ0n) is 17.9. The fourth-order valence-electron chi connectivity index (χ4n) is 4.44. The number of guanidine groups is 1. The third-order valence-electron chi connectivity index (χ3n) is 6.00. The topological polar surface area (TPSA) is 97.0 Å². The normalized spacial score (nSPS) is 28.8. The molecule has 8 heteroatoms. The molecule has 3 atom stereocenters. The Labute approximate surface area is 175 Å². The van der Waals surface area contributed by atoms with E-state index >= 15 is 0 Å². The number of nitrogens with zero attached hydrogens (tertiary/aromatic N) is 2. The lowest BCUT2D eigenvalue weighted by atomic mass is 9.89. The van der Waals surface area contributed by atoms with Crippen LogP contribution in [0.4, 0.5) is 4.39 Å². The van der Waals surface area contributed by atoms with E-state index in [1.54, 1.807) is 6.07 Å². The molecule has 4 rings (SSSR count). The van der Waals surface area contributed by atoms with Gasteiger partial charge in [0.15, 0.2) is 5.96 Å². The minimum absolute atomic E-state index is 0.0549. The molecule has 1 aromatic rings. The van der Waals surface area contributed by atoms with Gasteiger partial charge in [0.05, 0.1) is 18.0 Å². The summed E-state index contributed by atoms with van der Waals surface area (Å²) in [4.78, 5) is 31.2. The number of carbonyl (C=O) groups excluding carboxylic acids is 2. The van der Waals surface area contributed by atoms with Crippen LogP contribution >= 0.6 is 0 Å². The van der Waals surface area contributed by atoms with Gasteiger partial charge >= 0.3 is 0 Å². The summed E-state index contributed by atoms with van der Waals surface area (Å²) >= 11 is 0. The Bertz CT molecular complexity index is 927. The van der Waals surface area contributed by atoms with Gasteiger partial charge in [0.1, 0.15) is 17.2 Å². The highest BCUT2D eigenvalue weighted by Gasteiger charge is 2.47. The van der Waals surface area contributed by atoms with Gasteiger partial charge in [-0.15, -0.1) is 0 Å². The van der Waals surface area contributed by atoms with E-state index in [-0.39, 0.29) is 41.5 Å². The van der Waals surface area contributed by atoms with Crippen LogP contribution in [0.2, 0.25) is 0 Å². The number of nitrogens with one attached hydrogen (secondary N) is 1. The first kappa shape index (κ1) is 20.6. The van der Waals surface area contributed by atoms with Gasteiger partial charge in [0.2, 0.25) is 11.8 Å². The zero-order valence-corrected chi connectivity index (χ0v) is 17.9. The van der Waals surface area contributed by atoms with E-state index in [1.165, 1.54) is 17.0 Å². The number of nitrogens with two attached hydrogens (primary N) is 1. The van der Waals surface area contributed by atoms with Crippen LogP contribution in [-0.4, -0.2) is 40.4 Å². The highest BCUT2D eigenvalue weighted by molar-refractivity contribution is 5.99. The standard InChI is InChI=1S/C22H29FN4O3/c1-21(2)10-18(28)27(20(24)26-21)11-12-7-15(12)19(29)25-16-9-22(3,4)30-17-8-13(23)5-6-14(16)17/h5-6,8,12,15-16H,7,9-11H2,1-4H3,(H2,24,26)(H,25,29)/t12-,15?,16+/m1/s1. The Morgan fingerprint density at radius 3 is 2.80 bits per heavy atom. The average molecular weight is 416 g/mol. The van der Waals surface area contributed by atoms with Crippen LogP contribution in [0, 0.1) is 17.7 Å². The van der Waals surface area contributed by atoms with Gasteiger partial charge in [0.25, 0.3) is 0 Å². The Hall–Kier alpha value is -2.64. The SMILES string of the molecule is CC1(C)CC(=O)N(C[C@H]2CC2C(=O)N[C@H]2CC(C)(C)Oc3cc(F)ccc32)C(N)=N1. The summed E-state index contributed by atoms with van der Waals surface area (Å²) in [5.74, 6) is 0.102. The Morgan fingerprint density at radius 1 is 1.37 bits per heavy atom. The molecule has 0 spiro atoms. The summed E-state index contributed by atoms with van der Waals surface area (Å²) in [7, 11) is 0. The summed E-state index contributed by atoms with van der Waals surface area (Å²) in [6.07, 6.45) is 1.60. The lowest BCUT2D eigenvalue weighted by Gasteiger charge is -2.38. The molecule has 0 radical (unpaired) electrons. The van der Waals surface area contributed by atoms with Gasteiger partial charge in [-0.1, -0.05) is 6.07 Å². The molecule has 2 heterocycles. The number of benzene rings is 1. The number of carbonyl (C=O) groups is 2. The van der Waals surface area contributed by atoms with Gasteiger partial charge in [-0.25, -0.2) is 9.38 Å². The number of halogens is 1. The van der Waals surface area contributed by atoms with Gasteiger partial charge in [0, 0.05) is 30.5 Å². The van der Waals surface area contributed by atoms with Crippen molar-refractivity contribution >= 4 is 17.8 Å². The summed E-state index contributed by atoms with van der Waals surface area (Å²) in [6, 6.07) is 4.16. The quantitative estimate of drug-likeness (QED) is 0.788. The number of fused-ring (bicyclic) bond motifs is 1. The molecule has 3 aliphatic rings. The van der Waals surface area contributed by atoms with Crippen LogP contribution in [0.1, 0.15) is 58.6 Å². The summed E-state index contributed by atoms with van der Waals surface area (Å²) < 4.78 is 19.5. The molecule has 0 bridgehead atoms. The van der Waals surface area contributed by atoms with Crippen molar-refractivity contribution in [2.45, 2.75) is 64.1 Å². The first-order chi connectivity index (χ1) is 13.9. The molecule has 1 unspecified atom stereocenters. The monoisotopic (exact) mass is 416 g/mol. The number of ether oxygens (including phenoxy) is 1. The lowest BCUT2D eigenvalue weighted by molar-refractivity contribution is -0.130. The molecule has 7 nitrogen and oxygen atoms in total. The predicted octanol–water partition coefficient (Wildman–Crippen LogP) is 2.51. The molecule has 1 saturated carbocycles. The molecule has 0 aromatic heterocycles. The summed E-state index contributed by atoms with van der Waals surface area (Å²) in [5, 5.41) is 3.11. The van der Waals surface area contributed by atoms with E-state index < -0.39 is 11.1 Å². The Kier molecular flexibility index (Phi) is 4.78. The van der Waals surface area contributed by atoms with Crippen LogP contribution in [-0.2, 0) is 9.59 Å². The second kappa shape index (κ2) is 6.96. The van der Waals surface area contributed by atoms with E-state index in [2.05, 4.69) is 10.3 Å². The zero-order chi connectivity index (χ0) is 21.8. The third-order valence-corrected chi connectivity index (χ3v) is 6.00. The van der Waals surface area contributed by atoms with Gasteiger partial charge in [-0.05, 0) is 46.1 Å². The molecular formula is C22H29FN4O3. The predicted molar refractivity (Wildman–Crippen MR) is 110 cm³/mol. The van der Waals surface area contributed by atoms with E-state index in [0.29, 0.717) is 31.6 Å². The second-order valence-corrected chi connectivity index (χ2v) is 9.88. The first-order valence-electron chi connectivity index (χ1n) is 10.4. The van der Waals surface area contributed by atoms with Crippen LogP contribution < -0.4 is 15.8 Å². The van der Waals surface area contributed by atoms with E-state index in [0.717, 1.165) is 5.56 Å². The molecule has 0 saturated heterocycles. The third kappa shape index (κ3) is 4.13. The van der Waals surface area contributed by atoms with Crippen molar-refractivity contribution < 1.29 is 18.7 Å². The number of hydrogen-bond donors (Lipinski definition) is 2. The number of amides is 2. The van der Waals surface area contributed by atoms with Crippen LogP contribution in [0.5, 0.6) is 5.75 Å². The molecule has 2 aliphatic heterocycles. The molecule has 1 aliphatic carbocycles. The largest absolute Gasteiger partial charge is 0.487 e. The number of aliphatic imine (C=N–C) groups is 1.